The molecule has 2 amide bonds. The molecule has 40 heavy (non-hydrogen) atoms. The molecule has 0 aliphatic carbocycles. The van der Waals surface area contributed by atoms with Crippen LogP contribution in [0.4, 0.5) is 22.7 Å². The highest BCUT2D eigenvalue weighted by atomic mass is 16.6. The molecule has 202 valence electrons. The lowest BCUT2D eigenvalue weighted by molar-refractivity contribution is -0.385. The zero-order valence-corrected chi connectivity index (χ0v) is 22.1. The Balaban J connectivity index is 1.41. The maximum atomic E-state index is 13.2. The van der Waals surface area contributed by atoms with Crippen LogP contribution in [0, 0.1) is 10.1 Å². The molecule has 3 aromatic carbocycles. The Hall–Kier alpha value is -5.25. The predicted octanol–water partition coefficient (Wildman–Crippen LogP) is 5.57. The van der Waals surface area contributed by atoms with Crippen LogP contribution in [0.2, 0.25) is 0 Å². The van der Waals surface area contributed by atoms with Crippen molar-refractivity contribution in [1.29, 1.82) is 0 Å². The quantitative estimate of drug-likeness (QED) is 0.207. The first-order valence-corrected chi connectivity index (χ1v) is 12.5. The highest BCUT2D eigenvalue weighted by Gasteiger charge is 2.31. The number of fused-ring (bicyclic) bond motifs is 2. The molecule has 0 saturated carbocycles. The molecule has 0 radical (unpaired) electrons. The number of hydrogen-bond acceptors (Lipinski definition) is 7. The van der Waals surface area contributed by atoms with E-state index >= 15 is 0 Å². The molecule has 0 bridgehead atoms. The van der Waals surface area contributed by atoms with E-state index in [1.165, 1.54) is 13.2 Å². The van der Waals surface area contributed by atoms with Crippen LogP contribution in [-0.2, 0) is 16.8 Å². The van der Waals surface area contributed by atoms with E-state index in [-0.39, 0.29) is 23.3 Å². The summed E-state index contributed by atoms with van der Waals surface area (Å²) in [6, 6.07) is 19.1. The van der Waals surface area contributed by atoms with Gasteiger partial charge in [-0.25, -0.2) is 0 Å². The summed E-state index contributed by atoms with van der Waals surface area (Å²) in [7, 11) is 1.38. The molecule has 5 rings (SSSR count). The van der Waals surface area contributed by atoms with Crippen molar-refractivity contribution in [3.8, 4) is 16.9 Å². The van der Waals surface area contributed by atoms with Gasteiger partial charge in [-0.1, -0.05) is 18.2 Å². The van der Waals surface area contributed by atoms with Gasteiger partial charge in [0.05, 0.1) is 40.1 Å². The zero-order valence-electron chi connectivity index (χ0n) is 22.1. The van der Waals surface area contributed by atoms with Crippen molar-refractivity contribution in [2.24, 2.45) is 0 Å². The Kier molecular flexibility index (Phi) is 6.91. The number of benzene rings is 3. The van der Waals surface area contributed by atoms with Crippen molar-refractivity contribution in [3.63, 3.8) is 0 Å². The fourth-order valence-corrected chi connectivity index (χ4v) is 4.55. The lowest BCUT2D eigenvalue weighted by Crippen LogP contribution is -2.39. The fourth-order valence-electron chi connectivity index (χ4n) is 4.55. The van der Waals surface area contributed by atoms with Gasteiger partial charge in [0.25, 0.3) is 5.91 Å². The molecule has 2 heterocycles. The third-order valence-corrected chi connectivity index (χ3v) is 6.98. The summed E-state index contributed by atoms with van der Waals surface area (Å²) >= 11 is 0. The highest BCUT2D eigenvalue weighted by molar-refractivity contribution is 6.12. The monoisotopic (exact) mass is 537 g/mol. The molecule has 1 aromatic heterocycles. The maximum Gasteiger partial charge on any atom is 0.310 e. The van der Waals surface area contributed by atoms with Gasteiger partial charge in [0.1, 0.15) is 0 Å². The lowest BCUT2D eigenvalue weighted by Gasteiger charge is -2.25. The second kappa shape index (κ2) is 10.5. The number of nitro benzene ring substituents is 1. The maximum absolute atomic E-state index is 13.2. The number of carbonyl (C=O) groups excluding carboxylic acids is 2. The number of methoxy groups -OCH3 is 1. The van der Waals surface area contributed by atoms with E-state index in [0.717, 1.165) is 16.7 Å². The van der Waals surface area contributed by atoms with E-state index in [2.05, 4.69) is 20.9 Å². The van der Waals surface area contributed by atoms with Crippen molar-refractivity contribution in [2.75, 3.05) is 17.7 Å². The van der Waals surface area contributed by atoms with Crippen molar-refractivity contribution < 1.29 is 19.2 Å². The Morgan fingerprint density at radius 3 is 2.50 bits per heavy atom. The first-order valence-electron chi connectivity index (χ1n) is 12.5. The molecule has 1 aliphatic rings. The van der Waals surface area contributed by atoms with Crippen molar-refractivity contribution in [2.45, 2.75) is 25.8 Å². The number of amides is 2. The first-order chi connectivity index (χ1) is 19.2. The first kappa shape index (κ1) is 26.4. The molecule has 3 N–H and O–H groups in total. The molecule has 10 heteroatoms. The van der Waals surface area contributed by atoms with E-state index in [9.17, 15) is 19.7 Å². The number of nitrogens with one attached hydrogen (secondary N) is 3. The average Bonchev–Trinajstić information content (AvgIpc) is 3.10. The van der Waals surface area contributed by atoms with E-state index in [1.54, 1.807) is 42.7 Å². The number of hydrogen-bond donors (Lipinski definition) is 3. The molecule has 0 atom stereocenters. The second-order valence-electron chi connectivity index (χ2n) is 9.91. The van der Waals surface area contributed by atoms with Crippen LogP contribution >= 0.6 is 0 Å². The van der Waals surface area contributed by atoms with Gasteiger partial charge < -0.3 is 20.7 Å². The molecule has 1 aliphatic heterocycles. The number of carbonyl (C=O) groups is 2. The number of anilines is 3. The second-order valence-corrected chi connectivity index (χ2v) is 9.91. The van der Waals surface area contributed by atoms with Crippen LogP contribution < -0.4 is 20.7 Å². The van der Waals surface area contributed by atoms with E-state index < -0.39 is 10.3 Å². The Labute approximate surface area is 230 Å². The minimum Gasteiger partial charge on any atom is -0.490 e. The molecule has 0 saturated heterocycles. The van der Waals surface area contributed by atoms with Gasteiger partial charge in [0.2, 0.25) is 5.91 Å². The molecule has 0 spiro atoms. The topological polar surface area (TPSA) is 135 Å². The van der Waals surface area contributed by atoms with Gasteiger partial charge in [-0.15, -0.1) is 0 Å². The summed E-state index contributed by atoms with van der Waals surface area (Å²) in [5.74, 6) is -0.311. The van der Waals surface area contributed by atoms with Gasteiger partial charge in [-0.05, 0) is 78.6 Å². The van der Waals surface area contributed by atoms with Crippen molar-refractivity contribution in [3.05, 3.63) is 106 Å². The minimum atomic E-state index is -0.872. The molecule has 0 unspecified atom stereocenters. The zero-order chi connectivity index (χ0) is 28.4. The molecule has 10 nitrogen and oxygen atoms in total. The number of nitrogens with zero attached hydrogens (tertiary/aromatic N) is 2. The summed E-state index contributed by atoms with van der Waals surface area (Å²) < 4.78 is 5.21. The van der Waals surface area contributed by atoms with Gasteiger partial charge >= 0.3 is 5.69 Å². The SMILES string of the molecule is COc1cc(-c2ccc3c(c2)Nc2ccc(C(C)(C)C(=O)NCc4cccnc4)cc2NC3=O)ccc1[N+](=O)[O-]. The Bertz CT molecular complexity index is 1640. The normalized spacial score (nSPS) is 12.2. The van der Waals surface area contributed by atoms with Crippen LogP contribution in [-0.4, -0.2) is 28.8 Å². The number of nitro groups is 1. The smallest absolute Gasteiger partial charge is 0.310 e. The summed E-state index contributed by atoms with van der Waals surface area (Å²) in [5, 5.41) is 20.5. The van der Waals surface area contributed by atoms with Crippen LogP contribution in [0.15, 0.2) is 79.1 Å². The summed E-state index contributed by atoms with van der Waals surface area (Å²) in [6.07, 6.45) is 3.39. The Morgan fingerprint density at radius 1 is 1.00 bits per heavy atom. The summed E-state index contributed by atoms with van der Waals surface area (Å²) in [5.41, 5.74) is 4.31. The molecule has 4 aromatic rings. The molecular weight excluding hydrogens is 510 g/mol. The summed E-state index contributed by atoms with van der Waals surface area (Å²) in [6.45, 7) is 4.02. The number of rotatable bonds is 7. The van der Waals surface area contributed by atoms with Crippen LogP contribution in [0.1, 0.15) is 35.3 Å². The van der Waals surface area contributed by atoms with E-state index in [0.29, 0.717) is 34.7 Å². The van der Waals surface area contributed by atoms with Crippen LogP contribution in [0.5, 0.6) is 5.75 Å². The number of pyridine rings is 1. The van der Waals surface area contributed by atoms with Gasteiger partial charge in [0, 0.05) is 25.0 Å². The fraction of sp³-hybridized carbons (Fsp3) is 0.167. The van der Waals surface area contributed by atoms with E-state index in [4.69, 9.17) is 4.74 Å². The van der Waals surface area contributed by atoms with Crippen molar-refractivity contribution >= 4 is 34.6 Å². The predicted molar refractivity (Wildman–Crippen MR) is 152 cm³/mol. The van der Waals surface area contributed by atoms with Gasteiger partial charge in [-0.3, -0.25) is 24.7 Å². The van der Waals surface area contributed by atoms with Crippen LogP contribution in [0.3, 0.4) is 0 Å². The Morgan fingerprint density at radius 2 is 1.77 bits per heavy atom. The highest BCUT2D eigenvalue weighted by Crippen LogP contribution is 2.38. The van der Waals surface area contributed by atoms with E-state index in [1.807, 2.05) is 44.2 Å². The van der Waals surface area contributed by atoms with Gasteiger partial charge in [0.15, 0.2) is 5.75 Å². The third kappa shape index (κ3) is 5.06. The number of aromatic nitrogens is 1. The standard InChI is InChI=1S/C30H27N5O5/c1-30(2,29(37)32-17-18-5-4-12-31-16-18)21-8-10-23-25(15-21)34-28(36)22-9-6-19(13-24(22)33-23)20-7-11-26(35(38)39)27(14-20)40-3/h4-16,33H,17H2,1-3H3,(H,32,37)(H,34,36). The average molecular weight is 538 g/mol. The molecular formula is C30H27N5O5. The minimum absolute atomic E-state index is 0.128. The van der Waals surface area contributed by atoms with Crippen molar-refractivity contribution in [1.82, 2.24) is 10.3 Å². The number of ether oxygens (including phenoxy) is 1. The summed E-state index contributed by atoms with van der Waals surface area (Å²) in [4.78, 5) is 41.1. The third-order valence-electron chi connectivity index (χ3n) is 6.98. The van der Waals surface area contributed by atoms with Gasteiger partial charge in [-0.2, -0.15) is 0 Å². The van der Waals surface area contributed by atoms with Crippen LogP contribution in [0.25, 0.3) is 11.1 Å². The largest absolute Gasteiger partial charge is 0.490 e. The lowest BCUT2D eigenvalue weighted by atomic mass is 9.83. The molecule has 0 fully saturated rings.